The van der Waals surface area contributed by atoms with Gasteiger partial charge in [0.05, 0.1) is 0 Å². The first kappa shape index (κ1) is 14.7. The normalized spacial score (nSPS) is 15.8. The Kier molecular flexibility index (Phi) is 3.87. The van der Waals surface area contributed by atoms with Crippen molar-refractivity contribution in [1.29, 1.82) is 0 Å². The first-order valence-electron chi connectivity index (χ1n) is 6.82. The van der Waals surface area contributed by atoms with Gasteiger partial charge in [-0.3, -0.25) is 5.10 Å². The van der Waals surface area contributed by atoms with Crippen LogP contribution in [-0.4, -0.2) is 29.0 Å². The summed E-state index contributed by atoms with van der Waals surface area (Å²) >= 11 is 1.56. The molecule has 1 aliphatic carbocycles. The fourth-order valence-electron chi connectivity index (χ4n) is 2.32. The Hall–Kier alpha value is -1.22. The number of aromatic nitrogens is 2. The average Bonchev–Trinajstić information content (AvgIpc) is 3.00. The van der Waals surface area contributed by atoms with Crippen LogP contribution >= 0.6 is 11.3 Å². The standard InChI is InChI=1S/C13H18N4O2S2/c1-9-12(7-14)13(16-15-9)21(18,19)17(10-4-5-10)8-11-3-2-6-20-11/h2-3,6,10H,4-5,7-8,14H2,1H3,(H,15,16). The van der Waals surface area contributed by atoms with E-state index in [1.54, 1.807) is 22.6 Å². The Morgan fingerprint density at radius 2 is 2.29 bits per heavy atom. The van der Waals surface area contributed by atoms with Gasteiger partial charge in [0.1, 0.15) is 0 Å². The number of aromatic amines is 1. The van der Waals surface area contributed by atoms with Crippen LogP contribution in [0.2, 0.25) is 0 Å². The zero-order valence-corrected chi connectivity index (χ0v) is 13.4. The monoisotopic (exact) mass is 326 g/mol. The van der Waals surface area contributed by atoms with Gasteiger partial charge in [-0.15, -0.1) is 11.3 Å². The lowest BCUT2D eigenvalue weighted by atomic mass is 10.3. The number of H-pyrrole nitrogens is 1. The third-order valence-electron chi connectivity index (χ3n) is 3.64. The highest BCUT2D eigenvalue weighted by atomic mass is 32.2. The quantitative estimate of drug-likeness (QED) is 0.843. The van der Waals surface area contributed by atoms with Crippen LogP contribution in [0.25, 0.3) is 0 Å². The molecule has 21 heavy (non-hydrogen) atoms. The molecule has 2 aromatic rings. The van der Waals surface area contributed by atoms with Crippen LogP contribution < -0.4 is 5.73 Å². The molecule has 2 aromatic heterocycles. The van der Waals surface area contributed by atoms with Gasteiger partial charge < -0.3 is 5.73 Å². The summed E-state index contributed by atoms with van der Waals surface area (Å²) in [6.07, 6.45) is 1.82. The van der Waals surface area contributed by atoms with Crippen LogP contribution in [0, 0.1) is 6.92 Å². The summed E-state index contributed by atoms with van der Waals surface area (Å²) in [5, 5.41) is 8.75. The number of rotatable bonds is 6. The van der Waals surface area contributed by atoms with Crippen molar-refractivity contribution in [2.24, 2.45) is 5.73 Å². The van der Waals surface area contributed by atoms with Gasteiger partial charge in [0.2, 0.25) is 0 Å². The van der Waals surface area contributed by atoms with E-state index in [1.807, 2.05) is 17.5 Å². The zero-order valence-electron chi connectivity index (χ0n) is 11.7. The minimum Gasteiger partial charge on any atom is -0.326 e. The topological polar surface area (TPSA) is 92.1 Å². The van der Waals surface area contributed by atoms with Crippen LogP contribution in [0.15, 0.2) is 22.5 Å². The second-order valence-electron chi connectivity index (χ2n) is 5.20. The van der Waals surface area contributed by atoms with E-state index in [0.29, 0.717) is 17.8 Å². The molecular formula is C13H18N4O2S2. The van der Waals surface area contributed by atoms with Crippen molar-refractivity contribution in [3.05, 3.63) is 33.6 Å². The molecular weight excluding hydrogens is 308 g/mol. The summed E-state index contributed by atoms with van der Waals surface area (Å²) in [6, 6.07) is 3.97. The molecule has 0 amide bonds. The fourth-order valence-corrected chi connectivity index (χ4v) is 4.95. The number of aryl methyl sites for hydroxylation is 1. The van der Waals surface area contributed by atoms with E-state index < -0.39 is 10.0 Å². The van der Waals surface area contributed by atoms with E-state index >= 15 is 0 Å². The average molecular weight is 326 g/mol. The Morgan fingerprint density at radius 1 is 1.52 bits per heavy atom. The van der Waals surface area contributed by atoms with Crippen LogP contribution in [0.3, 0.4) is 0 Å². The molecule has 3 N–H and O–H groups in total. The molecule has 3 rings (SSSR count). The molecule has 1 fully saturated rings. The zero-order chi connectivity index (χ0) is 15.0. The Morgan fingerprint density at radius 3 is 2.86 bits per heavy atom. The summed E-state index contributed by atoms with van der Waals surface area (Å²) in [7, 11) is -3.62. The highest BCUT2D eigenvalue weighted by molar-refractivity contribution is 7.89. The smallest absolute Gasteiger partial charge is 0.263 e. The third kappa shape index (κ3) is 2.76. The van der Waals surface area contributed by atoms with E-state index in [1.165, 1.54) is 0 Å². The Balaban J connectivity index is 1.97. The van der Waals surface area contributed by atoms with Crippen LogP contribution in [0.1, 0.15) is 29.0 Å². The number of nitrogens with two attached hydrogens (primary N) is 1. The van der Waals surface area contributed by atoms with Gasteiger partial charge in [0, 0.05) is 35.3 Å². The SMILES string of the molecule is Cc1[nH]nc(S(=O)(=O)N(Cc2cccs2)C2CC2)c1CN. The molecule has 1 aliphatic rings. The number of thiophene rings is 1. The van der Waals surface area contributed by atoms with Gasteiger partial charge in [0.25, 0.3) is 10.0 Å². The lowest BCUT2D eigenvalue weighted by Crippen LogP contribution is -2.33. The van der Waals surface area contributed by atoms with Crippen LogP contribution in [-0.2, 0) is 23.1 Å². The van der Waals surface area contributed by atoms with Gasteiger partial charge in [0.15, 0.2) is 5.03 Å². The predicted molar refractivity (Wildman–Crippen MR) is 81.3 cm³/mol. The van der Waals surface area contributed by atoms with Gasteiger partial charge in [-0.25, -0.2) is 8.42 Å². The van der Waals surface area contributed by atoms with E-state index in [4.69, 9.17) is 5.73 Å². The minimum atomic E-state index is -3.62. The highest BCUT2D eigenvalue weighted by Crippen LogP contribution is 2.34. The van der Waals surface area contributed by atoms with Crippen molar-refractivity contribution < 1.29 is 8.42 Å². The fraction of sp³-hybridized carbons (Fsp3) is 0.462. The number of nitrogens with one attached hydrogen (secondary N) is 1. The van der Waals surface area contributed by atoms with Gasteiger partial charge in [-0.05, 0) is 31.2 Å². The van der Waals surface area contributed by atoms with Crippen molar-refractivity contribution in [2.45, 2.75) is 43.9 Å². The lowest BCUT2D eigenvalue weighted by Gasteiger charge is -2.20. The van der Waals surface area contributed by atoms with Crippen molar-refractivity contribution in [3.8, 4) is 0 Å². The van der Waals surface area contributed by atoms with E-state index in [0.717, 1.165) is 17.7 Å². The van der Waals surface area contributed by atoms with Crippen LogP contribution in [0.5, 0.6) is 0 Å². The summed E-state index contributed by atoms with van der Waals surface area (Å²) < 4.78 is 27.4. The van der Waals surface area contributed by atoms with E-state index in [-0.39, 0.29) is 17.6 Å². The summed E-state index contributed by atoms with van der Waals surface area (Å²) in [4.78, 5) is 1.03. The summed E-state index contributed by atoms with van der Waals surface area (Å²) in [5.41, 5.74) is 6.97. The molecule has 0 unspecified atom stereocenters. The number of hydrogen-bond donors (Lipinski definition) is 2. The Bertz CT molecular complexity index is 717. The van der Waals surface area contributed by atoms with Gasteiger partial charge >= 0.3 is 0 Å². The highest BCUT2D eigenvalue weighted by Gasteiger charge is 2.40. The molecule has 1 saturated carbocycles. The lowest BCUT2D eigenvalue weighted by molar-refractivity contribution is 0.399. The second-order valence-corrected chi connectivity index (χ2v) is 8.04. The van der Waals surface area contributed by atoms with Crippen molar-refractivity contribution in [2.75, 3.05) is 0 Å². The van der Waals surface area contributed by atoms with Crippen LogP contribution in [0.4, 0.5) is 0 Å². The second kappa shape index (κ2) is 5.53. The largest absolute Gasteiger partial charge is 0.326 e. The first-order chi connectivity index (χ1) is 10.0. The molecule has 6 nitrogen and oxygen atoms in total. The molecule has 0 aliphatic heterocycles. The maximum atomic E-state index is 12.9. The Labute approximate surface area is 128 Å². The van der Waals surface area contributed by atoms with Gasteiger partial charge in [-0.1, -0.05) is 6.07 Å². The molecule has 0 aromatic carbocycles. The molecule has 2 heterocycles. The molecule has 114 valence electrons. The van der Waals surface area contributed by atoms with E-state index in [9.17, 15) is 8.42 Å². The van der Waals surface area contributed by atoms with E-state index in [2.05, 4.69) is 10.2 Å². The maximum Gasteiger partial charge on any atom is 0.263 e. The molecule has 0 spiro atoms. The third-order valence-corrected chi connectivity index (χ3v) is 6.37. The summed E-state index contributed by atoms with van der Waals surface area (Å²) in [6.45, 7) is 2.35. The molecule has 0 atom stereocenters. The van der Waals surface area contributed by atoms with Gasteiger partial charge in [-0.2, -0.15) is 9.40 Å². The first-order valence-corrected chi connectivity index (χ1v) is 9.14. The van der Waals surface area contributed by atoms with Crippen molar-refractivity contribution in [1.82, 2.24) is 14.5 Å². The van der Waals surface area contributed by atoms with Crippen molar-refractivity contribution in [3.63, 3.8) is 0 Å². The molecule has 8 heteroatoms. The number of hydrogen-bond acceptors (Lipinski definition) is 5. The minimum absolute atomic E-state index is 0.0750. The van der Waals surface area contributed by atoms with Crippen molar-refractivity contribution >= 4 is 21.4 Å². The number of nitrogens with zero attached hydrogens (tertiary/aromatic N) is 2. The number of sulfonamides is 1. The molecule has 0 saturated heterocycles. The molecule has 0 radical (unpaired) electrons. The predicted octanol–water partition coefficient (Wildman–Crippen LogP) is 1.59. The maximum absolute atomic E-state index is 12.9. The molecule has 0 bridgehead atoms. The summed E-state index contributed by atoms with van der Waals surface area (Å²) in [5.74, 6) is 0.